The van der Waals surface area contributed by atoms with E-state index in [0.717, 1.165) is 28.2 Å². The van der Waals surface area contributed by atoms with Crippen LogP contribution in [0.4, 0.5) is 0 Å². The number of aromatic nitrogens is 3. The molecule has 4 rings (SSSR count). The maximum atomic E-state index is 12.6. The predicted molar refractivity (Wildman–Crippen MR) is 119 cm³/mol. The molecule has 31 heavy (non-hydrogen) atoms. The number of hydrogen-bond acceptors (Lipinski definition) is 4. The number of hydrogen-bond donors (Lipinski definition) is 1. The van der Waals surface area contributed by atoms with Gasteiger partial charge in [-0.1, -0.05) is 30.3 Å². The van der Waals surface area contributed by atoms with Crippen LogP contribution in [-0.2, 0) is 13.2 Å². The average molecular weight is 412 g/mol. The number of carbonyl (C=O) groups excluding carboxylic acids is 1. The minimum absolute atomic E-state index is 0.136. The van der Waals surface area contributed by atoms with Gasteiger partial charge in [0.15, 0.2) is 0 Å². The maximum absolute atomic E-state index is 12.6. The van der Waals surface area contributed by atoms with Gasteiger partial charge in [0, 0.05) is 30.1 Å². The van der Waals surface area contributed by atoms with Gasteiger partial charge in [-0.05, 0) is 61.4 Å². The Hall–Kier alpha value is -3.93. The number of ether oxygens (including phenoxy) is 1. The highest BCUT2D eigenvalue weighted by Crippen LogP contribution is 2.14. The van der Waals surface area contributed by atoms with Crippen molar-refractivity contribution in [1.29, 1.82) is 0 Å². The van der Waals surface area contributed by atoms with E-state index in [0.29, 0.717) is 24.6 Å². The van der Waals surface area contributed by atoms with Crippen molar-refractivity contribution >= 4 is 5.91 Å². The van der Waals surface area contributed by atoms with Crippen molar-refractivity contribution in [2.24, 2.45) is 0 Å². The van der Waals surface area contributed by atoms with Gasteiger partial charge in [0.05, 0.1) is 11.4 Å². The molecule has 0 aliphatic rings. The number of benzene rings is 2. The van der Waals surface area contributed by atoms with Crippen molar-refractivity contribution in [2.45, 2.75) is 27.0 Å². The lowest BCUT2D eigenvalue weighted by Gasteiger charge is -2.09. The number of carbonyl (C=O) groups is 1. The van der Waals surface area contributed by atoms with Gasteiger partial charge in [-0.2, -0.15) is 5.10 Å². The first-order chi connectivity index (χ1) is 15.1. The molecule has 0 radical (unpaired) electrons. The third-order valence-corrected chi connectivity index (χ3v) is 4.87. The topological polar surface area (TPSA) is 69.0 Å². The van der Waals surface area contributed by atoms with Gasteiger partial charge in [0.1, 0.15) is 6.61 Å². The van der Waals surface area contributed by atoms with Crippen molar-refractivity contribution in [3.8, 4) is 11.6 Å². The van der Waals surface area contributed by atoms with Gasteiger partial charge in [0.25, 0.3) is 5.91 Å². The zero-order valence-electron chi connectivity index (χ0n) is 17.6. The Bertz CT molecular complexity index is 1170. The molecule has 0 aliphatic carbocycles. The van der Waals surface area contributed by atoms with Crippen LogP contribution in [0.3, 0.4) is 0 Å². The van der Waals surface area contributed by atoms with Crippen molar-refractivity contribution in [3.05, 3.63) is 107 Å². The largest absolute Gasteiger partial charge is 0.473 e. The number of rotatable bonds is 7. The summed E-state index contributed by atoms with van der Waals surface area (Å²) < 4.78 is 7.62. The molecular weight excluding hydrogens is 388 g/mol. The molecule has 0 saturated heterocycles. The Balaban J connectivity index is 1.34. The summed E-state index contributed by atoms with van der Waals surface area (Å²) in [6.07, 6.45) is 1.69. The van der Waals surface area contributed by atoms with Crippen LogP contribution in [0.25, 0.3) is 5.69 Å². The molecule has 1 N–H and O–H groups in total. The molecule has 4 aromatic rings. The summed E-state index contributed by atoms with van der Waals surface area (Å²) in [7, 11) is 0. The van der Waals surface area contributed by atoms with Crippen LogP contribution in [0, 0.1) is 13.8 Å². The van der Waals surface area contributed by atoms with Gasteiger partial charge in [0.2, 0.25) is 5.88 Å². The number of nitrogens with zero attached hydrogens (tertiary/aromatic N) is 3. The third kappa shape index (κ3) is 5.17. The Morgan fingerprint density at radius 1 is 0.968 bits per heavy atom. The predicted octanol–water partition coefficient (Wildman–Crippen LogP) is 4.39. The molecule has 6 nitrogen and oxygen atoms in total. The molecular formula is C25H24N4O2. The molecule has 2 aromatic heterocycles. The van der Waals surface area contributed by atoms with E-state index >= 15 is 0 Å². The number of amides is 1. The van der Waals surface area contributed by atoms with Gasteiger partial charge in [-0.25, -0.2) is 9.67 Å². The summed E-state index contributed by atoms with van der Waals surface area (Å²) in [5.41, 5.74) is 5.54. The first-order valence-corrected chi connectivity index (χ1v) is 10.1. The molecule has 0 unspecified atom stereocenters. The third-order valence-electron chi connectivity index (χ3n) is 4.87. The summed E-state index contributed by atoms with van der Waals surface area (Å²) >= 11 is 0. The lowest BCUT2D eigenvalue weighted by molar-refractivity contribution is 0.0951. The molecule has 2 heterocycles. The Labute approximate surface area is 181 Å². The van der Waals surface area contributed by atoms with E-state index < -0.39 is 0 Å². The second-order valence-corrected chi connectivity index (χ2v) is 7.35. The van der Waals surface area contributed by atoms with E-state index in [9.17, 15) is 4.79 Å². The number of nitrogens with one attached hydrogen (secondary N) is 1. The molecule has 0 aliphatic heterocycles. The zero-order valence-corrected chi connectivity index (χ0v) is 17.6. The second kappa shape index (κ2) is 9.26. The molecule has 6 heteroatoms. The van der Waals surface area contributed by atoms with E-state index in [4.69, 9.17) is 4.74 Å². The molecule has 0 saturated carbocycles. The maximum Gasteiger partial charge on any atom is 0.251 e. The summed E-state index contributed by atoms with van der Waals surface area (Å²) in [6, 6.07) is 23.1. The molecule has 0 fully saturated rings. The quantitative estimate of drug-likeness (QED) is 0.489. The van der Waals surface area contributed by atoms with Crippen LogP contribution < -0.4 is 10.1 Å². The number of aryl methyl sites for hydroxylation is 2. The summed E-state index contributed by atoms with van der Waals surface area (Å²) in [5.74, 6) is 0.397. The lowest BCUT2D eigenvalue weighted by atomic mass is 10.2. The summed E-state index contributed by atoms with van der Waals surface area (Å²) in [5, 5.41) is 7.42. The van der Waals surface area contributed by atoms with E-state index in [-0.39, 0.29) is 5.91 Å². The lowest BCUT2D eigenvalue weighted by Crippen LogP contribution is -2.22. The standard InChI is InChI=1S/C25H24N4O2/c1-18-14-19(2)29(28-18)23-10-8-22(9-11-23)25(30)27-16-21-12-13-26-24(15-21)31-17-20-6-4-3-5-7-20/h3-15H,16-17H2,1-2H3,(H,27,30). The Kier molecular flexibility index (Phi) is 6.08. The van der Waals surface area contributed by atoms with Crippen LogP contribution in [0.15, 0.2) is 79.0 Å². The Morgan fingerprint density at radius 2 is 1.74 bits per heavy atom. The molecule has 0 atom stereocenters. The van der Waals surface area contributed by atoms with Gasteiger partial charge in [-0.15, -0.1) is 0 Å². The highest BCUT2D eigenvalue weighted by Gasteiger charge is 2.08. The smallest absolute Gasteiger partial charge is 0.251 e. The van der Waals surface area contributed by atoms with E-state index in [2.05, 4.69) is 15.4 Å². The highest BCUT2D eigenvalue weighted by molar-refractivity contribution is 5.94. The van der Waals surface area contributed by atoms with Gasteiger partial charge < -0.3 is 10.1 Å². The minimum Gasteiger partial charge on any atom is -0.473 e. The first kappa shape index (κ1) is 20.3. The van der Waals surface area contributed by atoms with Crippen molar-refractivity contribution in [2.75, 3.05) is 0 Å². The van der Waals surface area contributed by atoms with Crippen LogP contribution in [0.2, 0.25) is 0 Å². The van der Waals surface area contributed by atoms with E-state index in [1.807, 2.05) is 91.3 Å². The SMILES string of the molecule is Cc1cc(C)n(-c2ccc(C(=O)NCc3ccnc(OCc4ccccc4)c3)cc2)n1. The fourth-order valence-electron chi connectivity index (χ4n) is 3.30. The summed E-state index contributed by atoms with van der Waals surface area (Å²) in [4.78, 5) is 16.8. The van der Waals surface area contributed by atoms with Crippen LogP contribution in [0.5, 0.6) is 5.88 Å². The monoisotopic (exact) mass is 412 g/mol. The van der Waals surface area contributed by atoms with Crippen molar-refractivity contribution < 1.29 is 9.53 Å². The number of pyridine rings is 1. The average Bonchev–Trinajstić information content (AvgIpc) is 3.15. The normalized spacial score (nSPS) is 10.6. The van der Waals surface area contributed by atoms with Crippen molar-refractivity contribution in [3.63, 3.8) is 0 Å². The molecule has 0 spiro atoms. The molecule has 1 amide bonds. The van der Waals surface area contributed by atoms with Gasteiger partial charge >= 0.3 is 0 Å². The second-order valence-electron chi connectivity index (χ2n) is 7.35. The molecule has 2 aromatic carbocycles. The van der Waals surface area contributed by atoms with Crippen LogP contribution in [0.1, 0.15) is 32.9 Å². The van der Waals surface area contributed by atoms with Gasteiger partial charge in [-0.3, -0.25) is 4.79 Å². The fraction of sp³-hybridized carbons (Fsp3) is 0.160. The molecule has 156 valence electrons. The summed E-state index contributed by atoms with van der Waals surface area (Å²) in [6.45, 7) is 4.81. The molecule has 0 bridgehead atoms. The Morgan fingerprint density at radius 3 is 2.45 bits per heavy atom. The van der Waals surface area contributed by atoms with Crippen LogP contribution >= 0.6 is 0 Å². The van der Waals surface area contributed by atoms with Crippen molar-refractivity contribution in [1.82, 2.24) is 20.1 Å². The minimum atomic E-state index is -0.136. The fourth-order valence-corrected chi connectivity index (χ4v) is 3.30. The highest BCUT2D eigenvalue weighted by atomic mass is 16.5. The van der Waals surface area contributed by atoms with E-state index in [1.165, 1.54) is 0 Å². The van der Waals surface area contributed by atoms with Crippen LogP contribution in [-0.4, -0.2) is 20.7 Å². The first-order valence-electron chi connectivity index (χ1n) is 10.1. The zero-order chi connectivity index (χ0) is 21.6. The van der Waals surface area contributed by atoms with E-state index in [1.54, 1.807) is 6.20 Å².